The molecule has 0 saturated carbocycles. The van der Waals surface area contributed by atoms with Gasteiger partial charge in [-0.2, -0.15) is 0 Å². The second kappa shape index (κ2) is 5.21. The number of ether oxygens (including phenoxy) is 3. The minimum Gasteiger partial charge on any atom is -0.501 e. The van der Waals surface area contributed by atoms with Crippen LogP contribution >= 0.6 is 0 Å². The van der Waals surface area contributed by atoms with Gasteiger partial charge in [0.1, 0.15) is 0 Å². The van der Waals surface area contributed by atoms with Crippen LogP contribution in [-0.4, -0.2) is 33.2 Å². The van der Waals surface area contributed by atoms with Crippen LogP contribution in [0.4, 0.5) is 0 Å². The maximum Gasteiger partial charge on any atom is 0.175 e. The van der Waals surface area contributed by atoms with E-state index < -0.39 is 0 Å². The summed E-state index contributed by atoms with van der Waals surface area (Å²) in [5.41, 5.74) is 6.97. The quantitative estimate of drug-likeness (QED) is 0.656. The Morgan fingerprint density at radius 2 is 2.15 bits per heavy atom. The number of hydrogen-bond donors (Lipinski definition) is 1. The molecule has 1 atom stereocenters. The van der Waals surface area contributed by atoms with Crippen LogP contribution in [0.2, 0.25) is 0 Å². The zero-order chi connectivity index (χ0) is 9.68. The van der Waals surface area contributed by atoms with Crippen molar-refractivity contribution >= 4 is 0 Å². The van der Waals surface area contributed by atoms with Crippen molar-refractivity contribution in [3.05, 3.63) is 11.8 Å². The molecule has 4 nitrogen and oxygen atoms in total. The maximum atomic E-state index is 5.92. The van der Waals surface area contributed by atoms with Gasteiger partial charge in [-0.25, -0.2) is 0 Å². The van der Waals surface area contributed by atoms with Gasteiger partial charge in [-0.05, 0) is 18.4 Å². The van der Waals surface area contributed by atoms with E-state index in [4.69, 9.17) is 19.9 Å². The molecule has 0 saturated heterocycles. The number of nitrogens with two attached hydrogens (primary N) is 1. The van der Waals surface area contributed by atoms with Gasteiger partial charge in [0, 0.05) is 14.2 Å². The molecule has 1 unspecified atom stereocenters. The molecule has 0 spiro atoms. The smallest absolute Gasteiger partial charge is 0.175 e. The van der Waals surface area contributed by atoms with Crippen LogP contribution in [0.15, 0.2) is 11.8 Å². The molecule has 1 heterocycles. The number of hydrogen-bond acceptors (Lipinski definition) is 4. The van der Waals surface area contributed by atoms with E-state index in [1.54, 1.807) is 20.5 Å². The van der Waals surface area contributed by atoms with Gasteiger partial charge in [0.25, 0.3) is 0 Å². The Balaban J connectivity index is 2.53. The van der Waals surface area contributed by atoms with Crippen LogP contribution in [0.1, 0.15) is 12.8 Å². The zero-order valence-electron chi connectivity index (χ0n) is 8.16. The molecule has 1 aliphatic rings. The largest absolute Gasteiger partial charge is 0.501 e. The van der Waals surface area contributed by atoms with Crippen molar-refractivity contribution in [1.82, 2.24) is 0 Å². The Labute approximate surface area is 78.6 Å². The Kier molecular flexibility index (Phi) is 4.21. The average molecular weight is 187 g/mol. The van der Waals surface area contributed by atoms with Crippen LogP contribution < -0.4 is 5.73 Å². The highest BCUT2D eigenvalue weighted by Crippen LogP contribution is 2.17. The molecule has 4 heteroatoms. The lowest BCUT2D eigenvalue weighted by molar-refractivity contribution is -0.110. The standard InChI is InChI=1S/C9H17NO3/c1-11-9(12-2)8(10)7-4-3-5-13-6-7/h6,8-9H,3-5,10H2,1-2H3. The molecule has 0 aromatic heterocycles. The first kappa shape index (κ1) is 10.5. The van der Waals surface area contributed by atoms with Gasteiger partial charge in [0.2, 0.25) is 0 Å². The summed E-state index contributed by atoms with van der Waals surface area (Å²) in [4.78, 5) is 0. The van der Waals surface area contributed by atoms with E-state index in [2.05, 4.69) is 0 Å². The van der Waals surface area contributed by atoms with Gasteiger partial charge in [-0.3, -0.25) is 0 Å². The van der Waals surface area contributed by atoms with E-state index in [0.29, 0.717) is 0 Å². The summed E-state index contributed by atoms with van der Waals surface area (Å²) in [6.07, 6.45) is 3.32. The zero-order valence-corrected chi connectivity index (χ0v) is 8.16. The van der Waals surface area contributed by atoms with Crippen LogP contribution in [0.25, 0.3) is 0 Å². The fraction of sp³-hybridized carbons (Fsp3) is 0.778. The van der Waals surface area contributed by atoms with Gasteiger partial charge >= 0.3 is 0 Å². The Bertz CT molecular complexity index is 178. The highest BCUT2D eigenvalue weighted by molar-refractivity contribution is 5.10. The third-order valence-electron chi connectivity index (χ3n) is 2.15. The van der Waals surface area contributed by atoms with E-state index >= 15 is 0 Å². The van der Waals surface area contributed by atoms with Crippen LogP contribution in [0, 0.1) is 0 Å². The summed E-state index contributed by atoms with van der Waals surface area (Å²) in [7, 11) is 3.16. The molecule has 0 aromatic rings. The molecule has 76 valence electrons. The normalized spacial score (nSPS) is 19.5. The molecule has 1 aliphatic heterocycles. The third-order valence-corrected chi connectivity index (χ3v) is 2.15. The summed E-state index contributed by atoms with van der Waals surface area (Å²) in [6, 6.07) is -0.227. The molecule has 1 rings (SSSR count). The van der Waals surface area contributed by atoms with Crippen molar-refractivity contribution in [2.24, 2.45) is 5.73 Å². The van der Waals surface area contributed by atoms with Crippen LogP contribution in [-0.2, 0) is 14.2 Å². The van der Waals surface area contributed by atoms with E-state index in [9.17, 15) is 0 Å². The predicted molar refractivity (Wildman–Crippen MR) is 49.1 cm³/mol. The van der Waals surface area contributed by atoms with E-state index in [1.807, 2.05) is 0 Å². The van der Waals surface area contributed by atoms with Crippen LogP contribution in [0.5, 0.6) is 0 Å². The highest BCUT2D eigenvalue weighted by Gasteiger charge is 2.22. The van der Waals surface area contributed by atoms with Gasteiger partial charge in [-0.1, -0.05) is 0 Å². The molecule has 0 bridgehead atoms. The predicted octanol–water partition coefficient (Wildman–Crippen LogP) is 0.627. The molecule has 0 aliphatic carbocycles. The molecule has 0 fully saturated rings. The first-order chi connectivity index (χ1) is 6.29. The highest BCUT2D eigenvalue weighted by atomic mass is 16.7. The van der Waals surface area contributed by atoms with E-state index in [0.717, 1.165) is 25.0 Å². The first-order valence-corrected chi connectivity index (χ1v) is 4.41. The fourth-order valence-electron chi connectivity index (χ4n) is 1.39. The van der Waals surface area contributed by atoms with Crippen molar-refractivity contribution in [1.29, 1.82) is 0 Å². The van der Waals surface area contributed by atoms with Crippen molar-refractivity contribution in [3.8, 4) is 0 Å². The van der Waals surface area contributed by atoms with Gasteiger partial charge in [0.05, 0.1) is 18.9 Å². The minimum absolute atomic E-state index is 0.227. The molecule has 0 aromatic carbocycles. The monoisotopic (exact) mass is 187 g/mol. The SMILES string of the molecule is COC(OC)C(N)C1=COCCC1. The van der Waals surface area contributed by atoms with Crippen molar-refractivity contribution in [2.75, 3.05) is 20.8 Å². The maximum absolute atomic E-state index is 5.92. The van der Waals surface area contributed by atoms with Crippen molar-refractivity contribution in [2.45, 2.75) is 25.2 Å². The Morgan fingerprint density at radius 3 is 2.62 bits per heavy atom. The van der Waals surface area contributed by atoms with E-state index in [1.165, 1.54) is 0 Å². The van der Waals surface area contributed by atoms with E-state index in [-0.39, 0.29) is 12.3 Å². The average Bonchev–Trinajstić information content (AvgIpc) is 2.21. The summed E-state index contributed by atoms with van der Waals surface area (Å²) in [5, 5.41) is 0. The molecule has 2 N–H and O–H groups in total. The van der Waals surface area contributed by atoms with Gasteiger partial charge in [-0.15, -0.1) is 0 Å². The third kappa shape index (κ3) is 2.69. The topological polar surface area (TPSA) is 53.7 Å². The molecule has 13 heavy (non-hydrogen) atoms. The minimum atomic E-state index is -0.382. The van der Waals surface area contributed by atoms with Crippen molar-refractivity contribution in [3.63, 3.8) is 0 Å². The van der Waals surface area contributed by atoms with Gasteiger partial charge < -0.3 is 19.9 Å². The molecule has 0 radical (unpaired) electrons. The summed E-state index contributed by atoms with van der Waals surface area (Å²) >= 11 is 0. The van der Waals surface area contributed by atoms with Gasteiger partial charge in [0.15, 0.2) is 6.29 Å². The lowest BCUT2D eigenvalue weighted by Crippen LogP contribution is -2.39. The lowest BCUT2D eigenvalue weighted by Gasteiger charge is -2.25. The first-order valence-electron chi connectivity index (χ1n) is 4.41. The molecular formula is C9H17NO3. The molecule has 0 amide bonds. The Morgan fingerprint density at radius 1 is 1.46 bits per heavy atom. The van der Waals surface area contributed by atoms with Crippen molar-refractivity contribution < 1.29 is 14.2 Å². The van der Waals surface area contributed by atoms with Crippen LogP contribution in [0.3, 0.4) is 0 Å². The molecular weight excluding hydrogens is 170 g/mol. The Hall–Kier alpha value is -0.580. The fourth-order valence-corrected chi connectivity index (χ4v) is 1.39. The number of rotatable bonds is 4. The number of methoxy groups -OCH3 is 2. The summed E-state index contributed by atoms with van der Waals surface area (Å²) in [6.45, 7) is 0.779. The second-order valence-electron chi connectivity index (χ2n) is 3.03. The second-order valence-corrected chi connectivity index (χ2v) is 3.03. The summed E-state index contributed by atoms with van der Waals surface area (Å²) < 4.78 is 15.3. The summed E-state index contributed by atoms with van der Waals surface area (Å²) in [5.74, 6) is 0. The lowest BCUT2D eigenvalue weighted by atomic mass is 10.0.